The van der Waals surface area contributed by atoms with Gasteiger partial charge in [0.1, 0.15) is 17.3 Å². The van der Waals surface area contributed by atoms with Crippen LogP contribution in [0.4, 0.5) is 5.69 Å². The van der Waals surface area contributed by atoms with Gasteiger partial charge in [-0.1, -0.05) is 30.7 Å². The van der Waals surface area contributed by atoms with Gasteiger partial charge in [0.2, 0.25) is 0 Å². The normalized spacial score (nSPS) is 16.9. The first kappa shape index (κ1) is 25.3. The number of ketones is 1. The molecule has 7 heteroatoms. The van der Waals surface area contributed by atoms with Gasteiger partial charge in [0.05, 0.1) is 24.8 Å². The van der Waals surface area contributed by atoms with E-state index in [4.69, 9.17) is 21.1 Å². The number of aliphatic hydroxyl groups is 1. The summed E-state index contributed by atoms with van der Waals surface area (Å²) in [4.78, 5) is 28.1. The molecule has 1 aliphatic rings. The highest BCUT2D eigenvalue weighted by atomic mass is 35.5. The molecular formula is C29H28ClNO5. The largest absolute Gasteiger partial charge is 0.507 e. The number of anilines is 1. The number of ether oxygens (including phenoxy) is 2. The zero-order chi connectivity index (χ0) is 25.8. The van der Waals surface area contributed by atoms with E-state index in [0.717, 1.165) is 12.0 Å². The van der Waals surface area contributed by atoms with E-state index in [1.54, 1.807) is 60.7 Å². The van der Waals surface area contributed by atoms with Crippen molar-refractivity contribution in [2.75, 3.05) is 18.1 Å². The van der Waals surface area contributed by atoms with Gasteiger partial charge in [-0.3, -0.25) is 14.5 Å². The molecule has 1 aliphatic heterocycles. The first-order valence-electron chi connectivity index (χ1n) is 11.9. The summed E-state index contributed by atoms with van der Waals surface area (Å²) in [6.07, 6.45) is 0.871. The van der Waals surface area contributed by atoms with Gasteiger partial charge in [-0.05, 0) is 86.0 Å². The average molecular weight is 506 g/mol. The number of Topliss-reactive ketones (excluding diaryl/α,β-unsaturated/α-hetero) is 1. The molecule has 1 unspecified atom stereocenters. The van der Waals surface area contributed by atoms with Gasteiger partial charge < -0.3 is 14.6 Å². The standard InChI is InChI=1S/C29H28ClNO5/c1-4-15-36-24-14-9-20(16-18(24)3)27(32)25-26(19-7-6-8-23(17-19)35-5-2)31(29(34)28(25)33)22-12-10-21(30)11-13-22/h6-14,16-17,26,32H,4-5,15H2,1-3H3/b27-25+. The summed E-state index contributed by atoms with van der Waals surface area (Å²) in [5.74, 6) is -0.439. The summed E-state index contributed by atoms with van der Waals surface area (Å²) in [6.45, 7) is 6.82. The molecule has 4 rings (SSSR count). The van der Waals surface area contributed by atoms with Crippen molar-refractivity contribution in [2.45, 2.75) is 33.2 Å². The van der Waals surface area contributed by atoms with E-state index < -0.39 is 17.7 Å². The smallest absolute Gasteiger partial charge is 0.300 e. The van der Waals surface area contributed by atoms with Crippen LogP contribution in [-0.2, 0) is 9.59 Å². The lowest BCUT2D eigenvalue weighted by atomic mass is 9.94. The second-order valence-corrected chi connectivity index (χ2v) is 8.92. The molecule has 0 radical (unpaired) electrons. The van der Waals surface area contributed by atoms with Crippen LogP contribution in [0.3, 0.4) is 0 Å². The second kappa shape index (κ2) is 10.9. The van der Waals surface area contributed by atoms with Crippen molar-refractivity contribution in [1.29, 1.82) is 0 Å². The van der Waals surface area contributed by atoms with Crippen LogP contribution in [0.15, 0.2) is 72.3 Å². The van der Waals surface area contributed by atoms with Gasteiger partial charge >= 0.3 is 0 Å². The fourth-order valence-electron chi connectivity index (χ4n) is 4.28. The first-order valence-corrected chi connectivity index (χ1v) is 12.3. The van der Waals surface area contributed by atoms with Crippen LogP contribution in [0.25, 0.3) is 5.76 Å². The van der Waals surface area contributed by atoms with Crippen LogP contribution in [0.1, 0.15) is 43.0 Å². The number of rotatable bonds is 8. The summed E-state index contributed by atoms with van der Waals surface area (Å²) in [5.41, 5.74) is 2.37. The Morgan fingerprint density at radius 1 is 1.00 bits per heavy atom. The number of amides is 1. The summed E-state index contributed by atoms with van der Waals surface area (Å²) in [6, 6.07) is 18.2. The Balaban J connectivity index is 1.88. The number of benzene rings is 3. The van der Waals surface area contributed by atoms with Crippen molar-refractivity contribution in [3.05, 3.63) is 94.0 Å². The van der Waals surface area contributed by atoms with Gasteiger partial charge in [-0.2, -0.15) is 0 Å². The molecule has 0 aromatic heterocycles. The third kappa shape index (κ3) is 4.95. The fourth-order valence-corrected chi connectivity index (χ4v) is 4.41. The molecule has 1 amide bonds. The van der Waals surface area contributed by atoms with Gasteiger partial charge in [0, 0.05) is 16.3 Å². The first-order chi connectivity index (χ1) is 17.3. The number of carbonyl (C=O) groups excluding carboxylic acids is 2. The molecule has 186 valence electrons. The molecule has 0 aliphatic carbocycles. The lowest BCUT2D eigenvalue weighted by molar-refractivity contribution is -0.132. The molecule has 6 nitrogen and oxygen atoms in total. The van der Waals surface area contributed by atoms with Crippen molar-refractivity contribution < 1.29 is 24.2 Å². The maximum Gasteiger partial charge on any atom is 0.300 e. The molecule has 3 aromatic rings. The molecule has 0 saturated carbocycles. The molecule has 36 heavy (non-hydrogen) atoms. The maximum atomic E-state index is 13.4. The minimum atomic E-state index is -0.858. The minimum absolute atomic E-state index is 0.00484. The number of aryl methyl sites for hydroxylation is 1. The van der Waals surface area contributed by atoms with E-state index >= 15 is 0 Å². The zero-order valence-electron chi connectivity index (χ0n) is 20.5. The summed E-state index contributed by atoms with van der Waals surface area (Å²) < 4.78 is 11.4. The molecule has 1 N–H and O–H groups in total. The van der Waals surface area contributed by atoms with Gasteiger partial charge in [-0.15, -0.1) is 0 Å². The third-order valence-electron chi connectivity index (χ3n) is 5.94. The van der Waals surface area contributed by atoms with E-state index in [-0.39, 0.29) is 11.3 Å². The monoisotopic (exact) mass is 505 g/mol. The van der Waals surface area contributed by atoms with Crippen LogP contribution in [0.2, 0.25) is 5.02 Å². The lowest BCUT2D eigenvalue weighted by Crippen LogP contribution is -2.29. The third-order valence-corrected chi connectivity index (χ3v) is 6.20. The summed E-state index contributed by atoms with van der Waals surface area (Å²) >= 11 is 6.06. The van der Waals surface area contributed by atoms with E-state index in [0.29, 0.717) is 46.5 Å². The van der Waals surface area contributed by atoms with Crippen molar-refractivity contribution in [2.24, 2.45) is 0 Å². The van der Waals surface area contributed by atoms with Gasteiger partial charge in [-0.25, -0.2) is 0 Å². The van der Waals surface area contributed by atoms with E-state index in [2.05, 4.69) is 0 Å². The topological polar surface area (TPSA) is 76.1 Å². The van der Waals surface area contributed by atoms with E-state index in [1.165, 1.54) is 4.90 Å². The zero-order valence-corrected chi connectivity index (χ0v) is 21.2. The quantitative estimate of drug-likeness (QED) is 0.216. The number of halogens is 1. The van der Waals surface area contributed by atoms with Crippen LogP contribution in [0, 0.1) is 6.92 Å². The van der Waals surface area contributed by atoms with Crippen LogP contribution in [0.5, 0.6) is 11.5 Å². The molecule has 3 aromatic carbocycles. The van der Waals surface area contributed by atoms with Crippen LogP contribution >= 0.6 is 11.6 Å². The Kier molecular flexibility index (Phi) is 7.65. The Labute approximate surface area is 215 Å². The van der Waals surface area contributed by atoms with Crippen molar-refractivity contribution in [3.63, 3.8) is 0 Å². The highest BCUT2D eigenvalue weighted by molar-refractivity contribution is 6.51. The number of carbonyl (C=O) groups is 2. The lowest BCUT2D eigenvalue weighted by Gasteiger charge is -2.26. The summed E-state index contributed by atoms with van der Waals surface area (Å²) in [7, 11) is 0. The molecule has 0 bridgehead atoms. The highest BCUT2D eigenvalue weighted by Gasteiger charge is 2.47. The minimum Gasteiger partial charge on any atom is -0.507 e. The molecule has 1 fully saturated rings. The number of hydrogen-bond acceptors (Lipinski definition) is 5. The molecule has 1 heterocycles. The number of hydrogen-bond donors (Lipinski definition) is 1. The molecule has 1 saturated heterocycles. The average Bonchev–Trinajstić information content (AvgIpc) is 3.14. The van der Waals surface area contributed by atoms with Crippen molar-refractivity contribution in [3.8, 4) is 11.5 Å². The Morgan fingerprint density at radius 3 is 2.42 bits per heavy atom. The number of nitrogens with zero attached hydrogens (tertiary/aromatic N) is 1. The summed E-state index contributed by atoms with van der Waals surface area (Å²) in [5, 5.41) is 11.9. The predicted octanol–water partition coefficient (Wildman–Crippen LogP) is 6.46. The fraction of sp³-hybridized carbons (Fsp3) is 0.241. The Hall–Kier alpha value is -3.77. The van der Waals surface area contributed by atoms with E-state index in [1.807, 2.05) is 26.8 Å². The number of aliphatic hydroxyl groups excluding tert-OH is 1. The molecular weight excluding hydrogens is 478 g/mol. The van der Waals surface area contributed by atoms with Crippen molar-refractivity contribution >= 4 is 34.7 Å². The Bertz CT molecular complexity index is 1320. The molecule has 1 atom stereocenters. The van der Waals surface area contributed by atoms with E-state index in [9.17, 15) is 14.7 Å². The van der Waals surface area contributed by atoms with Crippen LogP contribution in [-0.4, -0.2) is 30.0 Å². The Morgan fingerprint density at radius 2 is 1.75 bits per heavy atom. The van der Waals surface area contributed by atoms with Crippen LogP contribution < -0.4 is 14.4 Å². The molecule has 0 spiro atoms. The van der Waals surface area contributed by atoms with Crippen molar-refractivity contribution in [1.82, 2.24) is 0 Å². The predicted molar refractivity (Wildman–Crippen MR) is 141 cm³/mol. The SMILES string of the molecule is CCCOc1ccc(/C(O)=C2\C(=O)C(=O)N(c3ccc(Cl)cc3)C2c2cccc(OCC)c2)cc1C. The maximum absolute atomic E-state index is 13.4. The highest BCUT2D eigenvalue weighted by Crippen LogP contribution is 2.43. The second-order valence-electron chi connectivity index (χ2n) is 8.48. The van der Waals surface area contributed by atoms with Gasteiger partial charge in [0.25, 0.3) is 11.7 Å². The van der Waals surface area contributed by atoms with Gasteiger partial charge in [0.15, 0.2) is 0 Å².